The molecule has 0 fully saturated rings. The maximum absolute atomic E-state index is 13.2. The summed E-state index contributed by atoms with van der Waals surface area (Å²) in [6, 6.07) is 20.1. The number of amides is 1. The van der Waals surface area contributed by atoms with E-state index in [1.807, 2.05) is 44.2 Å². The van der Waals surface area contributed by atoms with Crippen LogP contribution in [0.15, 0.2) is 72.8 Å². The maximum atomic E-state index is 13.2. The van der Waals surface area contributed by atoms with Crippen LogP contribution >= 0.6 is 11.3 Å². The number of anilines is 1. The Morgan fingerprint density at radius 2 is 1.88 bits per heavy atom. The zero-order valence-corrected chi connectivity index (χ0v) is 18.5. The van der Waals surface area contributed by atoms with Crippen LogP contribution in [0.1, 0.15) is 22.3 Å². The molecule has 7 heteroatoms. The highest BCUT2D eigenvalue weighted by Crippen LogP contribution is 2.32. The Labute approximate surface area is 189 Å². The monoisotopic (exact) mass is 443 g/mol. The van der Waals surface area contributed by atoms with Gasteiger partial charge in [0.1, 0.15) is 0 Å². The van der Waals surface area contributed by atoms with Crippen LogP contribution in [0.3, 0.4) is 0 Å². The third-order valence-corrected chi connectivity index (χ3v) is 6.02. The maximum Gasteiger partial charge on any atom is 0.270 e. The molecule has 0 saturated heterocycles. The molecule has 0 N–H and O–H groups in total. The van der Waals surface area contributed by atoms with Crippen molar-refractivity contribution in [2.24, 2.45) is 0 Å². The van der Waals surface area contributed by atoms with E-state index in [1.165, 1.54) is 29.5 Å². The molecule has 4 rings (SSSR count). The summed E-state index contributed by atoms with van der Waals surface area (Å²) in [6.07, 6.45) is 3.03. The topological polar surface area (TPSA) is 76.3 Å². The van der Waals surface area contributed by atoms with Crippen molar-refractivity contribution in [2.75, 3.05) is 4.90 Å². The summed E-state index contributed by atoms with van der Waals surface area (Å²) >= 11 is 1.48. The molecule has 0 unspecified atom stereocenters. The molecular formula is C25H21N3O3S. The van der Waals surface area contributed by atoms with E-state index in [0.29, 0.717) is 17.2 Å². The fourth-order valence-corrected chi connectivity index (χ4v) is 4.63. The Bertz CT molecular complexity index is 1330. The number of nitro benzene ring substituents is 1. The van der Waals surface area contributed by atoms with Crippen molar-refractivity contribution >= 4 is 44.4 Å². The highest BCUT2D eigenvalue weighted by atomic mass is 32.1. The number of benzene rings is 3. The molecule has 1 aromatic heterocycles. The van der Waals surface area contributed by atoms with Crippen LogP contribution < -0.4 is 4.90 Å². The largest absolute Gasteiger partial charge is 0.280 e. The highest BCUT2D eigenvalue weighted by Gasteiger charge is 2.19. The predicted molar refractivity (Wildman–Crippen MR) is 129 cm³/mol. The number of rotatable bonds is 6. The quantitative estimate of drug-likeness (QED) is 0.206. The summed E-state index contributed by atoms with van der Waals surface area (Å²) in [7, 11) is 0. The molecule has 0 aliphatic heterocycles. The molecule has 0 aliphatic rings. The van der Waals surface area contributed by atoms with Crippen molar-refractivity contribution in [2.45, 2.75) is 20.4 Å². The molecule has 0 radical (unpaired) electrons. The normalized spacial score (nSPS) is 11.2. The van der Waals surface area contributed by atoms with Gasteiger partial charge in [-0.3, -0.25) is 19.8 Å². The first-order valence-corrected chi connectivity index (χ1v) is 10.9. The Morgan fingerprint density at radius 3 is 2.62 bits per heavy atom. The van der Waals surface area contributed by atoms with Gasteiger partial charge in [-0.05, 0) is 48.2 Å². The lowest BCUT2D eigenvalue weighted by molar-refractivity contribution is -0.384. The lowest BCUT2D eigenvalue weighted by Gasteiger charge is -2.18. The number of fused-ring (bicyclic) bond motifs is 1. The van der Waals surface area contributed by atoms with E-state index >= 15 is 0 Å². The van der Waals surface area contributed by atoms with E-state index in [1.54, 1.807) is 23.1 Å². The minimum absolute atomic E-state index is 0.0160. The molecule has 0 saturated carbocycles. The first kappa shape index (κ1) is 21.4. The van der Waals surface area contributed by atoms with Crippen LogP contribution in [-0.4, -0.2) is 15.8 Å². The minimum atomic E-state index is -0.452. The summed E-state index contributed by atoms with van der Waals surface area (Å²) in [6.45, 7) is 4.43. The average molecular weight is 444 g/mol. The van der Waals surface area contributed by atoms with Gasteiger partial charge < -0.3 is 0 Å². The van der Waals surface area contributed by atoms with Gasteiger partial charge in [-0.15, -0.1) is 0 Å². The zero-order valence-electron chi connectivity index (χ0n) is 17.7. The molecule has 0 atom stereocenters. The number of aryl methyl sites for hydroxylation is 2. The van der Waals surface area contributed by atoms with Gasteiger partial charge >= 0.3 is 0 Å². The summed E-state index contributed by atoms with van der Waals surface area (Å²) < 4.78 is 1.03. The van der Waals surface area contributed by atoms with E-state index in [0.717, 1.165) is 26.9 Å². The zero-order chi connectivity index (χ0) is 22.7. The van der Waals surface area contributed by atoms with Gasteiger partial charge in [0.15, 0.2) is 5.13 Å². The number of nitro groups is 1. The minimum Gasteiger partial charge on any atom is -0.280 e. The van der Waals surface area contributed by atoms with Crippen molar-refractivity contribution in [1.29, 1.82) is 0 Å². The van der Waals surface area contributed by atoms with Gasteiger partial charge in [0, 0.05) is 18.2 Å². The van der Waals surface area contributed by atoms with Crippen molar-refractivity contribution in [3.63, 3.8) is 0 Å². The molecule has 0 bridgehead atoms. The van der Waals surface area contributed by atoms with Gasteiger partial charge in [-0.2, -0.15) is 0 Å². The predicted octanol–water partition coefficient (Wildman–Crippen LogP) is 6.07. The van der Waals surface area contributed by atoms with Crippen LogP contribution in [-0.2, 0) is 11.3 Å². The summed E-state index contributed by atoms with van der Waals surface area (Å²) in [4.78, 5) is 30.2. The molecule has 0 spiro atoms. The number of hydrogen-bond acceptors (Lipinski definition) is 5. The molecule has 32 heavy (non-hydrogen) atoms. The number of aromatic nitrogens is 1. The second-order valence-corrected chi connectivity index (χ2v) is 8.53. The number of carbonyl (C=O) groups is 1. The van der Waals surface area contributed by atoms with Gasteiger partial charge in [0.05, 0.1) is 21.7 Å². The second-order valence-electron chi connectivity index (χ2n) is 7.52. The lowest BCUT2D eigenvalue weighted by Crippen LogP contribution is -2.28. The highest BCUT2D eigenvalue weighted by molar-refractivity contribution is 7.22. The van der Waals surface area contributed by atoms with Crippen molar-refractivity contribution in [3.8, 4) is 0 Å². The number of thiazole rings is 1. The molecule has 6 nitrogen and oxygen atoms in total. The first-order chi connectivity index (χ1) is 15.4. The van der Waals surface area contributed by atoms with E-state index in [2.05, 4.69) is 12.1 Å². The van der Waals surface area contributed by atoms with E-state index < -0.39 is 4.92 Å². The van der Waals surface area contributed by atoms with Crippen molar-refractivity contribution in [3.05, 3.63) is 105 Å². The molecule has 160 valence electrons. The number of nitrogens with zero attached hydrogens (tertiary/aromatic N) is 3. The van der Waals surface area contributed by atoms with Gasteiger partial charge in [-0.1, -0.05) is 59.9 Å². The third-order valence-electron chi connectivity index (χ3n) is 5.00. The van der Waals surface area contributed by atoms with Crippen LogP contribution in [0.25, 0.3) is 16.3 Å². The second kappa shape index (κ2) is 9.11. The third kappa shape index (κ3) is 4.73. The Kier molecular flexibility index (Phi) is 6.09. The fraction of sp³-hybridized carbons (Fsp3) is 0.120. The standard InChI is InChI=1S/C25H21N3O3S/c1-17-13-18(2)24-22(14-17)32-25(26-24)27(16-20-7-4-3-5-8-20)23(29)12-11-19-9-6-10-21(15-19)28(30)31/h3-15H,16H2,1-2H3. The molecule has 3 aromatic carbocycles. The summed E-state index contributed by atoms with van der Waals surface area (Å²) in [5.74, 6) is -0.242. The average Bonchev–Trinajstić information content (AvgIpc) is 3.21. The van der Waals surface area contributed by atoms with Crippen LogP contribution in [0.2, 0.25) is 0 Å². The fourth-order valence-electron chi connectivity index (χ4n) is 3.48. The van der Waals surface area contributed by atoms with E-state index in [-0.39, 0.29) is 11.6 Å². The van der Waals surface area contributed by atoms with Crippen LogP contribution in [0.4, 0.5) is 10.8 Å². The summed E-state index contributed by atoms with van der Waals surface area (Å²) in [5.41, 5.74) is 4.67. The Hall–Kier alpha value is -3.84. The van der Waals surface area contributed by atoms with Gasteiger partial charge in [0.2, 0.25) is 0 Å². The Morgan fingerprint density at radius 1 is 1.09 bits per heavy atom. The molecular weight excluding hydrogens is 422 g/mol. The van der Waals surface area contributed by atoms with Crippen molar-refractivity contribution in [1.82, 2.24) is 4.98 Å². The molecule has 4 aromatic rings. The first-order valence-electron chi connectivity index (χ1n) is 10.1. The van der Waals surface area contributed by atoms with E-state index in [4.69, 9.17) is 4.98 Å². The summed E-state index contributed by atoms with van der Waals surface area (Å²) in [5, 5.41) is 11.6. The number of non-ortho nitro benzene ring substituents is 1. The lowest BCUT2D eigenvalue weighted by atomic mass is 10.1. The van der Waals surface area contributed by atoms with E-state index in [9.17, 15) is 14.9 Å². The molecule has 0 aliphatic carbocycles. The number of carbonyl (C=O) groups excluding carboxylic acids is 1. The Balaban J connectivity index is 1.69. The molecule has 1 amide bonds. The van der Waals surface area contributed by atoms with Crippen LogP contribution in [0.5, 0.6) is 0 Å². The van der Waals surface area contributed by atoms with Crippen molar-refractivity contribution < 1.29 is 9.72 Å². The van der Waals surface area contributed by atoms with Gasteiger partial charge in [0.25, 0.3) is 11.6 Å². The van der Waals surface area contributed by atoms with Gasteiger partial charge in [-0.25, -0.2) is 4.98 Å². The number of hydrogen-bond donors (Lipinski definition) is 0. The van der Waals surface area contributed by atoms with Crippen LogP contribution in [0, 0.1) is 24.0 Å². The SMILES string of the molecule is Cc1cc(C)c2nc(N(Cc3ccccc3)C(=O)C=Cc3cccc([N+](=O)[O-])c3)sc2c1. The molecule has 1 heterocycles. The smallest absolute Gasteiger partial charge is 0.270 e.